The van der Waals surface area contributed by atoms with Gasteiger partial charge in [0.05, 0.1) is 0 Å². The molecule has 2 saturated carbocycles. The monoisotopic (exact) mass is 230 g/mol. The third kappa shape index (κ3) is 2.60. The molecular formula is C14H18N2O. The summed E-state index contributed by atoms with van der Waals surface area (Å²) in [5, 5.41) is 5.97. The Labute approximate surface area is 102 Å². The van der Waals surface area contributed by atoms with Crippen LogP contribution < -0.4 is 10.6 Å². The van der Waals surface area contributed by atoms with Crippen LogP contribution in [0.25, 0.3) is 0 Å². The molecule has 2 aliphatic rings. The van der Waals surface area contributed by atoms with Gasteiger partial charge in [-0.15, -0.1) is 0 Å². The number of rotatable bonds is 3. The van der Waals surface area contributed by atoms with Crippen molar-refractivity contribution in [3.05, 3.63) is 35.9 Å². The summed E-state index contributed by atoms with van der Waals surface area (Å²) in [7, 11) is 0. The minimum atomic E-state index is -0.0276. The number of nitrogens with one attached hydrogen (secondary N) is 2. The predicted octanol–water partition coefficient (Wildman–Crippen LogP) is 2.28. The van der Waals surface area contributed by atoms with Gasteiger partial charge in [0.15, 0.2) is 0 Å². The van der Waals surface area contributed by atoms with Crippen LogP contribution in [0.2, 0.25) is 0 Å². The number of urea groups is 1. The molecule has 0 aromatic heterocycles. The van der Waals surface area contributed by atoms with E-state index < -0.39 is 0 Å². The molecule has 0 bridgehead atoms. The first kappa shape index (κ1) is 10.6. The summed E-state index contributed by atoms with van der Waals surface area (Å²) in [4.78, 5) is 11.7. The number of fused-ring (bicyclic) bond motifs is 1. The standard InChI is InChI=1S/C14H18N2O/c17-14(15-9-10-4-2-1-3-5-10)16-13-7-11-6-12(11)8-13/h1-5,11-13H,6-9H2,(H2,15,16,17). The van der Waals surface area contributed by atoms with Gasteiger partial charge in [-0.1, -0.05) is 30.3 Å². The largest absolute Gasteiger partial charge is 0.335 e. The van der Waals surface area contributed by atoms with Gasteiger partial charge in [-0.25, -0.2) is 4.79 Å². The van der Waals surface area contributed by atoms with Crippen LogP contribution in [0.1, 0.15) is 24.8 Å². The van der Waals surface area contributed by atoms with Gasteiger partial charge in [-0.05, 0) is 36.7 Å². The molecule has 2 aliphatic carbocycles. The van der Waals surface area contributed by atoms with Crippen molar-refractivity contribution in [2.45, 2.75) is 31.8 Å². The van der Waals surface area contributed by atoms with Crippen molar-refractivity contribution < 1.29 is 4.79 Å². The SMILES string of the molecule is O=C(NCc1ccccc1)NC1CC2CC2C1. The van der Waals surface area contributed by atoms with E-state index in [0.717, 1.165) is 17.4 Å². The Morgan fingerprint density at radius 1 is 1.12 bits per heavy atom. The van der Waals surface area contributed by atoms with Crippen LogP contribution in [0, 0.1) is 11.8 Å². The van der Waals surface area contributed by atoms with E-state index in [2.05, 4.69) is 10.6 Å². The lowest BCUT2D eigenvalue weighted by Crippen LogP contribution is -2.41. The molecule has 3 rings (SSSR count). The van der Waals surface area contributed by atoms with Gasteiger partial charge < -0.3 is 10.6 Å². The molecule has 0 aliphatic heterocycles. The van der Waals surface area contributed by atoms with E-state index in [9.17, 15) is 4.79 Å². The van der Waals surface area contributed by atoms with Gasteiger partial charge in [0, 0.05) is 12.6 Å². The van der Waals surface area contributed by atoms with Crippen molar-refractivity contribution in [2.24, 2.45) is 11.8 Å². The number of carbonyl (C=O) groups excluding carboxylic acids is 1. The van der Waals surface area contributed by atoms with Gasteiger partial charge in [0.2, 0.25) is 0 Å². The predicted molar refractivity (Wildman–Crippen MR) is 66.4 cm³/mol. The van der Waals surface area contributed by atoms with Crippen molar-refractivity contribution in [3.8, 4) is 0 Å². The Morgan fingerprint density at radius 3 is 2.53 bits per heavy atom. The second-order valence-corrected chi connectivity index (χ2v) is 5.24. The fourth-order valence-electron chi connectivity index (χ4n) is 2.85. The fraction of sp³-hybridized carbons (Fsp3) is 0.500. The summed E-state index contributed by atoms with van der Waals surface area (Å²) < 4.78 is 0. The highest BCUT2D eigenvalue weighted by Crippen LogP contribution is 2.51. The molecule has 3 heteroatoms. The van der Waals surface area contributed by atoms with E-state index in [-0.39, 0.29) is 6.03 Å². The topological polar surface area (TPSA) is 41.1 Å². The van der Waals surface area contributed by atoms with Crippen molar-refractivity contribution in [1.29, 1.82) is 0 Å². The van der Waals surface area contributed by atoms with Gasteiger partial charge in [-0.2, -0.15) is 0 Å². The average molecular weight is 230 g/mol. The Kier molecular flexibility index (Phi) is 2.75. The minimum Gasteiger partial charge on any atom is -0.335 e. The summed E-state index contributed by atoms with van der Waals surface area (Å²) >= 11 is 0. The Hall–Kier alpha value is -1.51. The molecule has 17 heavy (non-hydrogen) atoms. The van der Waals surface area contributed by atoms with E-state index in [1.165, 1.54) is 19.3 Å². The average Bonchev–Trinajstić information content (AvgIpc) is 2.96. The number of benzene rings is 1. The molecule has 2 atom stereocenters. The number of amides is 2. The molecule has 1 aromatic carbocycles. The molecule has 0 spiro atoms. The van der Waals surface area contributed by atoms with Crippen LogP contribution in [0.4, 0.5) is 4.79 Å². The number of hydrogen-bond donors (Lipinski definition) is 2. The quantitative estimate of drug-likeness (QED) is 0.821. The highest BCUT2D eigenvalue weighted by Gasteiger charge is 2.46. The molecule has 0 radical (unpaired) electrons. The third-order valence-electron chi connectivity index (χ3n) is 3.87. The van der Waals surface area contributed by atoms with Crippen molar-refractivity contribution in [3.63, 3.8) is 0 Å². The Balaban J connectivity index is 1.41. The van der Waals surface area contributed by atoms with E-state index in [0.29, 0.717) is 12.6 Å². The van der Waals surface area contributed by atoms with Crippen molar-refractivity contribution in [1.82, 2.24) is 10.6 Å². The molecule has 2 N–H and O–H groups in total. The molecular weight excluding hydrogens is 212 g/mol. The molecule has 3 nitrogen and oxygen atoms in total. The van der Waals surface area contributed by atoms with Crippen LogP contribution >= 0.6 is 0 Å². The van der Waals surface area contributed by atoms with Crippen LogP contribution in [0.3, 0.4) is 0 Å². The smallest absolute Gasteiger partial charge is 0.315 e. The zero-order valence-electron chi connectivity index (χ0n) is 9.86. The van der Waals surface area contributed by atoms with Gasteiger partial charge in [0.25, 0.3) is 0 Å². The highest BCUT2D eigenvalue weighted by atomic mass is 16.2. The fourth-order valence-corrected chi connectivity index (χ4v) is 2.85. The summed E-state index contributed by atoms with van der Waals surface area (Å²) in [6.45, 7) is 0.603. The van der Waals surface area contributed by atoms with Crippen LogP contribution in [-0.4, -0.2) is 12.1 Å². The number of carbonyl (C=O) groups is 1. The molecule has 2 fully saturated rings. The lowest BCUT2D eigenvalue weighted by atomic mass is 10.2. The maximum absolute atomic E-state index is 11.7. The molecule has 2 amide bonds. The summed E-state index contributed by atoms with van der Waals surface area (Å²) in [5.74, 6) is 1.82. The zero-order valence-corrected chi connectivity index (χ0v) is 9.86. The lowest BCUT2D eigenvalue weighted by molar-refractivity contribution is 0.236. The van der Waals surface area contributed by atoms with Crippen molar-refractivity contribution >= 4 is 6.03 Å². The van der Waals surface area contributed by atoms with E-state index in [1.54, 1.807) is 0 Å². The Bertz CT molecular complexity index is 394. The Morgan fingerprint density at radius 2 is 1.82 bits per heavy atom. The summed E-state index contributed by atoms with van der Waals surface area (Å²) in [5.41, 5.74) is 1.14. The van der Waals surface area contributed by atoms with Gasteiger partial charge in [-0.3, -0.25) is 0 Å². The third-order valence-corrected chi connectivity index (χ3v) is 3.87. The van der Waals surface area contributed by atoms with Crippen molar-refractivity contribution in [2.75, 3.05) is 0 Å². The molecule has 0 saturated heterocycles. The van der Waals surface area contributed by atoms with Crippen LogP contribution in [0.5, 0.6) is 0 Å². The van der Waals surface area contributed by atoms with Crippen LogP contribution in [-0.2, 0) is 6.54 Å². The van der Waals surface area contributed by atoms with E-state index in [1.807, 2.05) is 30.3 Å². The molecule has 2 unspecified atom stereocenters. The zero-order chi connectivity index (χ0) is 11.7. The maximum Gasteiger partial charge on any atom is 0.315 e. The number of hydrogen-bond acceptors (Lipinski definition) is 1. The maximum atomic E-state index is 11.7. The van der Waals surface area contributed by atoms with Crippen LogP contribution in [0.15, 0.2) is 30.3 Å². The molecule has 1 aromatic rings. The molecule has 0 heterocycles. The molecule has 90 valence electrons. The second-order valence-electron chi connectivity index (χ2n) is 5.24. The first-order valence-corrected chi connectivity index (χ1v) is 6.39. The second kappa shape index (κ2) is 4.40. The van der Waals surface area contributed by atoms with E-state index >= 15 is 0 Å². The lowest BCUT2D eigenvalue weighted by Gasteiger charge is -2.14. The summed E-state index contributed by atoms with van der Waals surface area (Å²) in [6, 6.07) is 10.4. The summed E-state index contributed by atoms with van der Waals surface area (Å²) in [6.07, 6.45) is 3.76. The highest BCUT2D eigenvalue weighted by molar-refractivity contribution is 5.74. The van der Waals surface area contributed by atoms with Gasteiger partial charge in [0.1, 0.15) is 0 Å². The first-order chi connectivity index (χ1) is 8.31. The minimum absolute atomic E-state index is 0.0276. The normalized spacial score (nSPS) is 29.5. The first-order valence-electron chi connectivity index (χ1n) is 6.39. The van der Waals surface area contributed by atoms with Gasteiger partial charge >= 0.3 is 6.03 Å². The van der Waals surface area contributed by atoms with E-state index in [4.69, 9.17) is 0 Å².